The molecule has 0 fully saturated rings. The van der Waals surface area contributed by atoms with Crippen molar-refractivity contribution in [3.05, 3.63) is 142 Å². The number of ether oxygens (including phenoxy) is 1. The van der Waals surface area contributed by atoms with E-state index in [1.165, 1.54) is 5.56 Å². The van der Waals surface area contributed by atoms with Crippen molar-refractivity contribution in [1.82, 2.24) is 0 Å². The number of thioether (sulfide) groups is 1. The lowest BCUT2D eigenvalue weighted by Crippen LogP contribution is -2.09. The fourth-order valence-electron chi connectivity index (χ4n) is 3.22. The quantitative estimate of drug-likeness (QED) is 0.242. The fourth-order valence-corrected chi connectivity index (χ4v) is 4.72. The van der Waals surface area contributed by atoms with Gasteiger partial charge in [0.15, 0.2) is 6.10 Å². The molecule has 0 unspecified atom stereocenters. The SMILES string of the molecule is Clc1ccc([C](OCc2ccccc2)c2ccccc2SCc2ccccc2)c(Cl)c1. The maximum atomic E-state index is 6.59. The third-order valence-electron chi connectivity index (χ3n) is 4.77. The fraction of sp³-hybridized carbons (Fsp3) is 0.0741. The Morgan fingerprint density at radius 1 is 0.677 bits per heavy atom. The van der Waals surface area contributed by atoms with Gasteiger partial charge in [-0.25, -0.2) is 0 Å². The van der Waals surface area contributed by atoms with E-state index in [1.807, 2.05) is 42.5 Å². The highest BCUT2D eigenvalue weighted by molar-refractivity contribution is 7.98. The predicted octanol–water partition coefficient (Wildman–Crippen LogP) is 8.43. The van der Waals surface area contributed by atoms with Crippen LogP contribution in [0.4, 0.5) is 0 Å². The van der Waals surface area contributed by atoms with Gasteiger partial charge in [-0.1, -0.05) is 108 Å². The van der Waals surface area contributed by atoms with Crippen LogP contribution >= 0.6 is 35.0 Å². The Kier molecular flexibility index (Phi) is 7.71. The summed E-state index contributed by atoms with van der Waals surface area (Å²) in [5.74, 6) is 0.873. The Labute approximate surface area is 198 Å². The molecule has 4 rings (SSSR count). The zero-order valence-corrected chi connectivity index (χ0v) is 19.1. The van der Waals surface area contributed by atoms with Gasteiger partial charge in [0.1, 0.15) is 0 Å². The van der Waals surface area contributed by atoms with Crippen LogP contribution in [0.25, 0.3) is 0 Å². The smallest absolute Gasteiger partial charge is 0.158 e. The maximum absolute atomic E-state index is 6.59. The van der Waals surface area contributed by atoms with Gasteiger partial charge in [-0.2, -0.15) is 0 Å². The molecular weight excluding hydrogens is 443 g/mol. The van der Waals surface area contributed by atoms with E-state index in [0.29, 0.717) is 16.7 Å². The molecule has 4 aromatic rings. The third kappa shape index (κ3) is 5.93. The molecule has 0 bridgehead atoms. The molecule has 4 aromatic carbocycles. The summed E-state index contributed by atoms with van der Waals surface area (Å²) < 4.78 is 6.39. The zero-order chi connectivity index (χ0) is 21.5. The van der Waals surface area contributed by atoms with Gasteiger partial charge in [-0.15, -0.1) is 11.8 Å². The number of hydrogen-bond acceptors (Lipinski definition) is 2. The van der Waals surface area contributed by atoms with Gasteiger partial charge in [0.25, 0.3) is 0 Å². The monoisotopic (exact) mass is 463 g/mol. The van der Waals surface area contributed by atoms with Crippen LogP contribution in [0.5, 0.6) is 0 Å². The summed E-state index contributed by atoms with van der Waals surface area (Å²) in [6.45, 7) is 0.451. The summed E-state index contributed by atoms with van der Waals surface area (Å²) in [4.78, 5) is 1.14. The first-order valence-corrected chi connectivity index (χ1v) is 11.7. The topological polar surface area (TPSA) is 9.23 Å². The van der Waals surface area contributed by atoms with Crippen LogP contribution in [0.1, 0.15) is 22.3 Å². The van der Waals surface area contributed by atoms with Gasteiger partial charge in [0.05, 0.1) is 6.61 Å². The molecule has 1 radical (unpaired) electrons. The van der Waals surface area contributed by atoms with Crippen LogP contribution in [0.15, 0.2) is 108 Å². The van der Waals surface area contributed by atoms with Crippen molar-refractivity contribution in [2.45, 2.75) is 17.3 Å². The minimum Gasteiger partial charge on any atom is -0.357 e. The van der Waals surface area contributed by atoms with Crippen LogP contribution in [0, 0.1) is 6.10 Å². The lowest BCUT2D eigenvalue weighted by Gasteiger charge is -2.21. The molecule has 155 valence electrons. The molecule has 0 spiro atoms. The van der Waals surface area contributed by atoms with Gasteiger partial charge in [-0.3, -0.25) is 0 Å². The van der Waals surface area contributed by atoms with Crippen LogP contribution in [-0.2, 0) is 17.1 Å². The van der Waals surface area contributed by atoms with E-state index < -0.39 is 0 Å². The molecule has 0 atom stereocenters. The average molecular weight is 464 g/mol. The van der Waals surface area contributed by atoms with Gasteiger partial charge in [0.2, 0.25) is 0 Å². The second-order valence-electron chi connectivity index (χ2n) is 7.00. The summed E-state index contributed by atoms with van der Waals surface area (Å²) in [7, 11) is 0. The Balaban J connectivity index is 1.66. The number of hydrogen-bond donors (Lipinski definition) is 0. The van der Waals surface area contributed by atoms with Crippen molar-refractivity contribution >= 4 is 35.0 Å². The van der Waals surface area contributed by atoms with Crippen LogP contribution in [-0.4, -0.2) is 0 Å². The van der Waals surface area contributed by atoms with Crippen LogP contribution in [0.2, 0.25) is 10.0 Å². The van der Waals surface area contributed by atoms with E-state index in [0.717, 1.165) is 33.4 Å². The number of halogens is 2. The van der Waals surface area contributed by atoms with Gasteiger partial charge >= 0.3 is 0 Å². The highest BCUT2D eigenvalue weighted by Gasteiger charge is 2.23. The molecule has 4 heteroatoms. The minimum atomic E-state index is 0.451. The number of benzene rings is 4. The van der Waals surface area contributed by atoms with Crippen LogP contribution in [0.3, 0.4) is 0 Å². The molecule has 0 heterocycles. The summed E-state index contributed by atoms with van der Waals surface area (Å²) in [5.41, 5.74) is 4.22. The largest absolute Gasteiger partial charge is 0.357 e. The van der Waals surface area contributed by atoms with Crippen molar-refractivity contribution in [2.75, 3.05) is 0 Å². The Hall–Kier alpha value is -2.23. The van der Waals surface area contributed by atoms with E-state index in [9.17, 15) is 0 Å². The third-order valence-corrected chi connectivity index (χ3v) is 6.46. The first kappa shape index (κ1) is 22.0. The van der Waals surface area contributed by atoms with E-state index in [-0.39, 0.29) is 0 Å². The van der Waals surface area contributed by atoms with E-state index >= 15 is 0 Å². The van der Waals surface area contributed by atoms with Crippen molar-refractivity contribution in [1.29, 1.82) is 0 Å². The average Bonchev–Trinajstić information content (AvgIpc) is 2.81. The molecule has 0 amide bonds. The summed E-state index contributed by atoms with van der Waals surface area (Å²) in [6.07, 6.45) is 0.752. The molecule has 0 aliphatic heterocycles. The Morgan fingerprint density at radius 2 is 1.32 bits per heavy atom. The molecule has 0 aliphatic carbocycles. The zero-order valence-electron chi connectivity index (χ0n) is 16.8. The molecule has 0 saturated heterocycles. The Bertz CT molecular complexity index is 1120. The summed E-state index contributed by atoms with van der Waals surface area (Å²) in [5, 5.41) is 1.17. The molecule has 0 saturated carbocycles. The van der Waals surface area contributed by atoms with Gasteiger partial charge < -0.3 is 4.74 Å². The van der Waals surface area contributed by atoms with E-state index in [1.54, 1.807) is 17.8 Å². The Morgan fingerprint density at radius 3 is 2.03 bits per heavy atom. The van der Waals surface area contributed by atoms with Crippen molar-refractivity contribution in [2.24, 2.45) is 0 Å². The van der Waals surface area contributed by atoms with E-state index in [2.05, 4.69) is 54.6 Å². The highest BCUT2D eigenvalue weighted by atomic mass is 35.5. The van der Waals surface area contributed by atoms with Crippen molar-refractivity contribution in [3.8, 4) is 0 Å². The normalized spacial score (nSPS) is 11.1. The predicted molar refractivity (Wildman–Crippen MR) is 132 cm³/mol. The molecule has 0 aliphatic rings. The number of rotatable bonds is 8. The highest BCUT2D eigenvalue weighted by Crippen LogP contribution is 2.38. The lowest BCUT2D eigenvalue weighted by atomic mass is 10.0. The van der Waals surface area contributed by atoms with Crippen LogP contribution < -0.4 is 0 Å². The first-order valence-electron chi connectivity index (χ1n) is 9.96. The van der Waals surface area contributed by atoms with Crippen molar-refractivity contribution in [3.63, 3.8) is 0 Å². The van der Waals surface area contributed by atoms with Gasteiger partial charge in [0, 0.05) is 31.8 Å². The second kappa shape index (κ2) is 10.9. The summed E-state index contributed by atoms with van der Waals surface area (Å²) in [6, 6.07) is 34.4. The maximum Gasteiger partial charge on any atom is 0.158 e. The summed E-state index contributed by atoms with van der Waals surface area (Å²) >= 11 is 14.5. The molecule has 0 aromatic heterocycles. The van der Waals surface area contributed by atoms with Gasteiger partial charge in [-0.05, 0) is 29.3 Å². The molecule has 0 N–H and O–H groups in total. The second-order valence-corrected chi connectivity index (χ2v) is 8.86. The van der Waals surface area contributed by atoms with Crippen molar-refractivity contribution < 1.29 is 4.74 Å². The molecule has 31 heavy (non-hydrogen) atoms. The molecular formula is C27H21Cl2OS. The lowest BCUT2D eigenvalue weighted by molar-refractivity contribution is 0.161. The van der Waals surface area contributed by atoms with E-state index in [4.69, 9.17) is 27.9 Å². The first-order chi connectivity index (χ1) is 15.2. The standard InChI is InChI=1S/C27H21Cl2OS/c28-22-15-16-23(25(29)17-22)27(30-18-20-9-3-1-4-10-20)24-13-7-8-14-26(24)31-19-21-11-5-2-6-12-21/h1-17H,18-19H2. The molecule has 1 nitrogen and oxygen atoms in total. The minimum absolute atomic E-state index is 0.451.